The van der Waals surface area contributed by atoms with Crippen LogP contribution < -0.4 is 4.74 Å². The Balaban J connectivity index is 2.00. The molecule has 21 heavy (non-hydrogen) atoms. The van der Waals surface area contributed by atoms with Crippen molar-refractivity contribution in [3.8, 4) is 5.75 Å². The van der Waals surface area contributed by atoms with Crippen LogP contribution in [0.3, 0.4) is 0 Å². The second-order valence-corrected chi connectivity index (χ2v) is 7.55. The van der Waals surface area contributed by atoms with E-state index in [1.54, 1.807) is 0 Å². The third-order valence-electron chi connectivity index (χ3n) is 3.85. The first kappa shape index (κ1) is 15.8. The quantitative estimate of drug-likeness (QED) is 0.774. The number of hydrogen-bond acceptors (Lipinski definition) is 5. The lowest BCUT2D eigenvalue weighted by atomic mass is 9.88. The molecule has 0 radical (unpaired) electrons. The first-order valence-electron chi connectivity index (χ1n) is 6.98. The van der Waals surface area contributed by atoms with Gasteiger partial charge < -0.3 is 9.47 Å². The Morgan fingerprint density at radius 1 is 1.24 bits per heavy atom. The van der Waals surface area contributed by atoms with E-state index < -0.39 is 15.8 Å². The number of para-hydroxylation sites is 1. The highest BCUT2D eigenvalue weighted by atomic mass is 32.2. The molecule has 1 aliphatic heterocycles. The number of carbonyl (C=O) groups excluding carboxylic acids is 1. The molecule has 0 aromatic heterocycles. The molecule has 0 bridgehead atoms. The third kappa shape index (κ3) is 4.46. The topological polar surface area (TPSA) is 69.7 Å². The van der Waals surface area contributed by atoms with Gasteiger partial charge in [0.1, 0.15) is 22.2 Å². The minimum Gasteiger partial charge on any atom is -0.493 e. The monoisotopic (exact) mass is 312 g/mol. The van der Waals surface area contributed by atoms with E-state index in [0.717, 1.165) is 0 Å². The average molecular weight is 312 g/mol. The molecule has 0 saturated carbocycles. The largest absolute Gasteiger partial charge is 0.493 e. The number of ether oxygens (including phenoxy) is 2. The predicted molar refractivity (Wildman–Crippen MR) is 78.8 cm³/mol. The highest BCUT2D eigenvalue weighted by Crippen LogP contribution is 2.28. The van der Waals surface area contributed by atoms with Crippen molar-refractivity contribution in [1.29, 1.82) is 0 Å². The number of rotatable bonds is 5. The summed E-state index contributed by atoms with van der Waals surface area (Å²) in [6.45, 7) is 0.210. The molecule has 0 aliphatic carbocycles. The summed E-state index contributed by atoms with van der Waals surface area (Å²) in [5.41, 5.74) is 0. The SMILES string of the molecule is COC(=O)C(COc1ccccc1)C1CCS(=O)(=O)CC1. The van der Waals surface area contributed by atoms with Crippen molar-refractivity contribution < 1.29 is 22.7 Å². The zero-order valence-electron chi connectivity index (χ0n) is 12.0. The Labute approximate surface area is 125 Å². The van der Waals surface area contributed by atoms with Crippen molar-refractivity contribution in [2.75, 3.05) is 25.2 Å². The lowest BCUT2D eigenvalue weighted by Crippen LogP contribution is -2.36. The van der Waals surface area contributed by atoms with Crippen LogP contribution in [0.5, 0.6) is 5.75 Å². The summed E-state index contributed by atoms with van der Waals surface area (Å²) in [6, 6.07) is 9.24. The van der Waals surface area contributed by atoms with Gasteiger partial charge in [-0.2, -0.15) is 0 Å². The Morgan fingerprint density at radius 3 is 2.43 bits per heavy atom. The molecule has 1 fully saturated rings. The second-order valence-electron chi connectivity index (χ2n) is 5.24. The van der Waals surface area contributed by atoms with Gasteiger partial charge in [0.05, 0.1) is 24.5 Å². The van der Waals surface area contributed by atoms with Gasteiger partial charge in [-0.3, -0.25) is 4.79 Å². The van der Waals surface area contributed by atoms with Crippen molar-refractivity contribution >= 4 is 15.8 Å². The van der Waals surface area contributed by atoms with Crippen LogP contribution in [-0.2, 0) is 19.4 Å². The van der Waals surface area contributed by atoms with Gasteiger partial charge in [-0.05, 0) is 30.9 Å². The standard InChI is InChI=1S/C15H20O5S/c1-19-15(16)14(11-20-13-5-3-2-4-6-13)12-7-9-21(17,18)10-8-12/h2-6,12,14H,7-11H2,1H3. The fraction of sp³-hybridized carbons (Fsp3) is 0.533. The molecular weight excluding hydrogens is 292 g/mol. The molecule has 1 atom stereocenters. The van der Waals surface area contributed by atoms with E-state index in [1.165, 1.54) is 7.11 Å². The summed E-state index contributed by atoms with van der Waals surface area (Å²) in [5.74, 6) is 0.188. The van der Waals surface area contributed by atoms with Crippen LogP contribution in [0.1, 0.15) is 12.8 Å². The minimum absolute atomic E-state index is 0.00955. The molecule has 1 aliphatic rings. The van der Waals surface area contributed by atoms with Crippen molar-refractivity contribution in [1.82, 2.24) is 0 Å². The molecule has 116 valence electrons. The van der Waals surface area contributed by atoms with Crippen molar-refractivity contribution in [2.45, 2.75) is 12.8 Å². The summed E-state index contributed by atoms with van der Waals surface area (Å²) in [6.07, 6.45) is 0.973. The molecule has 5 nitrogen and oxygen atoms in total. The molecule has 1 aromatic carbocycles. The number of sulfone groups is 1. The molecule has 2 rings (SSSR count). The van der Waals surface area contributed by atoms with Gasteiger partial charge in [0, 0.05) is 0 Å². The zero-order chi connectivity index (χ0) is 15.3. The number of methoxy groups -OCH3 is 1. The lowest BCUT2D eigenvalue weighted by molar-refractivity contribution is -0.148. The number of esters is 1. The van der Waals surface area contributed by atoms with E-state index in [-0.39, 0.29) is 30.0 Å². The van der Waals surface area contributed by atoms with Gasteiger partial charge in [0.25, 0.3) is 0 Å². The van der Waals surface area contributed by atoms with Crippen LogP contribution >= 0.6 is 0 Å². The summed E-state index contributed by atoms with van der Waals surface area (Å²) < 4.78 is 33.5. The zero-order valence-corrected chi connectivity index (χ0v) is 12.8. The Bertz CT molecular complexity index is 553. The Kier molecular flexibility index (Phi) is 5.22. The number of carbonyl (C=O) groups is 1. The molecule has 1 heterocycles. The lowest BCUT2D eigenvalue weighted by Gasteiger charge is -2.28. The van der Waals surface area contributed by atoms with Crippen LogP contribution in [-0.4, -0.2) is 39.6 Å². The molecule has 0 amide bonds. The van der Waals surface area contributed by atoms with Crippen molar-refractivity contribution in [2.24, 2.45) is 11.8 Å². The van der Waals surface area contributed by atoms with E-state index in [1.807, 2.05) is 30.3 Å². The second kappa shape index (κ2) is 6.93. The van der Waals surface area contributed by atoms with E-state index in [4.69, 9.17) is 9.47 Å². The summed E-state index contributed by atoms with van der Waals surface area (Å²) in [5, 5.41) is 0. The summed E-state index contributed by atoms with van der Waals surface area (Å²) in [4.78, 5) is 11.9. The normalized spacial score (nSPS) is 19.7. The van der Waals surface area contributed by atoms with Gasteiger partial charge in [-0.25, -0.2) is 8.42 Å². The fourth-order valence-electron chi connectivity index (χ4n) is 2.56. The van der Waals surface area contributed by atoms with Gasteiger partial charge in [-0.1, -0.05) is 18.2 Å². The van der Waals surface area contributed by atoms with E-state index in [9.17, 15) is 13.2 Å². The van der Waals surface area contributed by atoms with Crippen LogP contribution in [0.25, 0.3) is 0 Å². The summed E-state index contributed by atoms with van der Waals surface area (Å²) in [7, 11) is -1.60. The van der Waals surface area contributed by atoms with Crippen molar-refractivity contribution in [3.63, 3.8) is 0 Å². The maximum Gasteiger partial charge on any atom is 0.312 e. The van der Waals surface area contributed by atoms with Crippen LogP contribution in [0.15, 0.2) is 30.3 Å². The maximum atomic E-state index is 11.9. The molecular formula is C15H20O5S. The molecule has 6 heteroatoms. The molecule has 0 N–H and O–H groups in total. The van der Waals surface area contributed by atoms with Gasteiger partial charge in [-0.15, -0.1) is 0 Å². The first-order chi connectivity index (χ1) is 10.0. The smallest absolute Gasteiger partial charge is 0.312 e. The van der Waals surface area contributed by atoms with E-state index in [2.05, 4.69) is 0 Å². The minimum atomic E-state index is -2.94. The molecule has 1 unspecified atom stereocenters. The van der Waals surface area contributed by atoms with E-state index in [0.29, 0.717) is 18.6 Å². The van der Waals surface area contributed by atoms with Gasteiger partial charge in [0.2, 0.25) is 0 Å². The number of benzene rings is 1. The van der Waals surface area contributed by atoms with Crippen LogP contribution in [0, 0.1) is 11.8 Å². The van der Waals surface area contributed by atoms with Crippen molar-refractivity contribution in [3.05, 3.63) is 30.3 Å². The molecule has 1 aromatic rings. The number of hydrogen-bond donors (Lipinski definition) is 0. The van der Waals surface area contributed by atoms with Gasteiger partial charge in [0.15, 0.2) is 0 Å². The summed E-state index contributed by atoms with van der Waals surface area (Å²) >= 11 is 0. The highest BCUT2D eigenvalue weighted by Gasteiger charge is 2.34. The molecule has 1 saturated heterocycles. The predicted octanol–water partition coefficient (Wildman–Crippen LogP) is 1.68. The van der Waals surface area contributed by atoms with Gasteiger partial charge >= 0.3 is 5.97 Å². The Hall–Kier alpha value is -1.56. The van der Waals surface area contributed by atoms with E-state index >= 15 is 0 Å². The highest BCUT2D eigenvalue weighted by molar-refractivity contribution is 7.91. The molecule has 0 spiro atoms. The Morgan fingerprint density at radius 2 is 1.86 bits per heavy atom. The average Bonchev–Trinajstić information content (AvgIpc) is 2.49. The fourth-order valence-corrected chi connectivity index (χ4v) is 4.09. The maximum absolute atomic E-state index is 11.9. The van der Waals surface area contributed by atoms with Crippen LogP contribution in [0.2, 0.25) is 0 Å². The third-order valence-corrected chi connectivity index (χ3v) is 5.56. The first-order valence-corrected chi connectivity index (χ1v) is 8.80. The van der Waals surface area contributed by atoms with Crippen LogP contribution in [0.4, 0.5) is 0 Å².